The molecule has 0 spiro atoms. The van der Waals surface area contributed by atoms with Crippen LogP contribution in [0.25, 0.3) is 5.69 Å². The van der Waals surface area contributed by atoms with Crippen LogP contribution in [0.3, 0.4) is 0 Å². The third-order valence-electron chi connectivity index (χ3n) is 4.52. The molecule has 1 aromatic heterocycles. The van der Waals surface area contributed by atoms with Crippen molar-refractivity contribution >= 4 is 40.9 Å². The molecule has 2 N–H and O–H groups in total. The van der Waals surface area contributed by atoms with Crippen molar-refractivity contribution in [1.82, 2.24) is 15.1 Å². The van der Waals surface area contributed by atoms with E-state index in [1.54, 1.807) is 18.3 Å². The van der Waals surface area contributed by atoms with E-state index >= 15 is 0 Å². The Kier molecular flexibility index (Phi) is 5.87. The summed E-state index contributed by atoms with van der Waals surface area (Å²) in [6, 6.07) is 15.2. The lowest BCUT2D eigenvalue weighted by Crippen LogP contribution is -2.35. The smallest absolute Gasteiger partial charge is 0.238 e. The number of nitrogens with zero attached hydrogens (tertiary/aromatic N) is 2. The fourth-order valence-corrected chi connectivity index (χ4v) is 4.32. The molecule has 3 aromatic rings. The molecule has 148 valence electrons. The van der Waals surface area contributed by atoms with E-state index in [1.807, 2.05) is 47.3 Å². The van der Waals surface area contributed by atoms with E-state index in [0.29, 0.717) is 23.7 Å². The number of para-hydroxylation sites is 1. The molecule has 1 atom stereocenters. The largest absolute Gasteiger partial charge is 0.356 e. The molecule has 2 aromatic carbocycles. The molecule has 0 radical (unpaired) electrons. The van der Waals surface area contributed by atoms with Crippen LogP contribution in [0.15, 0.2) is 65.8 Å². The number of benzene rings is 2. The summed E-state index contributed by atoms with van der Waals surface area (Å²) in [5, 5.41) is 10.2. The van der Waals surface area contributed by atoms with E-state index in [4.69, 9.17) is 11.6 Å². The Balaban J connectivity index is 1.27. The number of hydrogen-bond donors (Lipinski definition) is 2. The van der Waals surface area contributed by atoms with Crippen LogP contribution in [-0.4, -0.2) is 33.4 Å². The summed E-state index contributed by atoms with van der Waals surface area (Å²) in [4.78, 5) is 25.5. The molecular formula is C21H19ClN4O2S. The van der Waals surface area contributed by atoms with Gasteiger partial charge in [0.25, 0.3) is 0 Å². The fourth-order valence-electron chi connectivity index (χ4n) is 3.05. The fraction of sp³-hybridized carbons (Fsp3) is 0.190. The van der Waals surface area contributed by atoms with Crippen LogP contribution in [-0.2, 0) is 16.0 Å². The second-order valence-corrected chi connectivity index (χ2v) is 8.35. The van der Waals surface area contributed by atoms with Crippen LogP contribution < -0.4 is 10.6 Å². The molecule has 0 saturated heterocycles. The first kappa shape index (κ1) is 19.5. The second-order valence-electron chi connectivity index (χ2n) is 6.67. The zero-order valence-corrected chi connectivity index (χ0v) is 17.0. The van der Waals surface area contributed by atoms with Gasteiger partial charge < -0.3 is 10.6 Å². The number of thioether (sulfide) groups is 1. The topological polar surface area (TPSA) is 76.0 Å². The van der Waals surface area contributed by atoms with E-state index in [-0.39, 0.29) is 18.2 Å². The van der Waals surface area contributed by atoms with E-state index < -0.39 is 5.25 Å². The summed E-state index contributed by atoms with van der Waals surface area (Å²) in [5.41, 5.74) is 2.72. The van der Waals surface area contributed by atoms with Crippen molar-refractivity contribution < 1.29 is 9.59 Å². The number of hydrogen-bond acceptors (Lipinski definition) is 4. The molecule has 0 fully saturated rings. The van der Waals surface area contributed by atoms with E-state index in [0.717, 1.165) is 16.1 Å². The van der Waals surface area contributed by atoms with Crippen LogP contribution in [0.1, 0.15) is 12.0 Å². The van der Waals surface area contributed by atoms with Gasteiger partial charge in [-0.2, -0.15) is 5.10 Å². The van der Waals surface area contributed by atoms with Gasteiger partial charge in [-0.05, 0) is 42.3 Å². The number of aromatic nitrogens is 2. The molecule has 0 saturated carbocycles. The first-order chi connectivity index (χ1) is 14.1. The maximum absolute atomic E-state index is 12.3. The minimum atomic E-state index is -0.454. The number of rotatable bonds is 6. The van der Waals surface area contributed by atoms with Crippen molar-refractivity contribution in [1.29, 1.82) is 0 Å². The Morgan fingerprint density at radius 1 is 1.24 bits per heavy atom. The Labute approximate surface area is 177 Å². The average Bonchev–Trinajstić information content (AvgIpc) is 3.18. The Hall–Kier alpha value is -2.77. The number of carbonyl (C=O) groups is 2. The van der Waals surface area contributed by atoms with Crippen molar-refractivity contribution in [3.8, 4) is 5.69 Å². The number of halogens is 1. The van der Waals surface area contributed by atoms with Gasteiger partial charge in [-0.25, -0.2) is 4.68 Å². The molecule has 2 heterocycles. The van der Waals surface area contributed by atoms with Gasteiger partial charge in [0.2, 0.25) is 11.8 Å². The highest BCUT2D eigenvalue weighted by Crippen LogP contribution is 2.38. The predicted molar refractivity (Wildman–Crippen MR) is 115 cm³/mol. The summed E-state index contributed by atoms with van der Waals surface area (Å²) in [6.07, 6.45) is 4.55. The normalized spacial score (nSPS) is 15.5. The lowest BCUT2D eigenvalue weighted by atomic mass is 10.2. The summed E-state index contributed by atoms with van der Waals surface area (Å²) in [7, 11) is 0. The van der Waals surface area contributed by atoms with Crippen LogP contribution in [0.4, 0.5) is 5.69 Å². The number of anilines is 1. The molecule has 29 heavy (non-hydrogen) atoms. The van der Waals surface area contributed by atoms with Crippen molar-refractivity contribution in [2.45, 2.75) is 23.0 Å². The Morgan fingerprint density at radius 3 is 2.90 bits per heavy atom. The monoisotopic (exact) mass is 426 g/mol. The molecule has 1 aliphatic heterocycles. The quantitative estimate of drug-likeness (QED) is 0.630. The Bertz CT molecular complexity index is 1040. The van der Waals surface area contributed by atoms with Crippen molar-refractivity contribution in [3.63, 3.8) is 0 Å². The summed E-state index contributed by atoms with van der Waals surface area (Å²) in [6.45, 7) is 0.491. The summed E-state index contributed by atoms with van der Waals surface area (Å²) < 4.78 is 1.81. The van der Waals surface area contributed by atoms with Crippen LogP contribution in [0.5, 0.6) is 0 Å². The highest BCUT2D eigenvalue weighted by atomic mass is 35.5. The molecule has 6 nitrogen and oxygen atoms in total. The predicted octanol–water partition coefficient (Wildman–Crippen LogP) is 3.69. The first-order valence-electron chi connectivity index (χ1n) is 9.21. The van der Waals surface area contributed by atoms with Gasteiger partial charge in [-0.3, -0.25) is 9.59 Å². The lowest BCUT2D eigenvalue weighted by molar-refractivity contribution is -0.124. The van der Waals surface area contributed by atoms with Gasteiger partial charge in [0.15, 0.2) is 0 Å². The van der Waals surface area contributed by atoms with Gasteiger partial charge in [0.1, 0.15) is 0 Å². The highest BCUT2D eigenvalue weighted by Gasteiger charge is 2.29. The standard InChI is InChI=1S/C21H19ClN4O2S/c22-15-6-7-18-17(10-15)25-21(28)19(29-18)11-20(27)23-9-8-14-12-24-26(13-14)16-4-2-1-3-5-16/h1-7,10,12-13,19H,8-9,11H2,(H,23,27)(H,25,28). The third-order valence-corrected chi connectivity index (χ3v) is 6.03. The number of carbonyl (C=O) groups excluding carboxylic acids is 2. The van der Waals surface area contributed by atoms with E-state index in [1.165, 1.54) is 11.8 Å². The lowest BCUT2D eigenvalue weighted by Gasteiger charge is -2.23. The van der Waals surface area contributed by atoms with Gasteiger partial charge in [0.05, 0.1) is 22.8 Å². The Morgan fingerprint density at radius 2 is 2.07 bits per heavy atom. The van der Waals surface area contributed by atoms with Crippen molar-refractivity contribution in [3.05, 3.63) is 71.5 Å². The van der Waals surface area contributed by atoms with Crippen molar-refractivity contribution in [2.24, 2.45) is 0 Å². The zero-order chi connectivity index (χ0) is 20.2. The molecule has 1 unspecified atom stereocenters. The van der Waals surface area contributed by atoms with Gasteiger partial charge in [-0.1, -0.05) is 29.8 Å². The number of nitrogens with one attached hydrogen (secondary N) is 2. The number of amides is 2. The maximum atomic E-state index is 12.3. The molecule has 8 heteroatoms. The maximum Gasteiger partial charge on any atom is 0.238 e. The van der Waals surface area contributed by atoms with Crippen LogP contribution in [0.2, 0.25) is 5.02 Å². The van der Waals surface area contributed by atoms with Gasteiger partial charge >= 0.3 is 0 Å². The van der Waals surface area contributed by atoms with Crippen LogP contribution in [0, 0.1) is 0 Å². The molecule has 0 aliphatic carbocycles. The third kappa shape index (κ3) is 4.81. The highest BCUT2D eigenvalue weighted by molar-refractivity contribution is 8.01. The molecule has 0 bridgehead atoms. The zero-order valence-electron chi connectivity index (χ0n) is 15.5. The van der Waals surface area contributed by atoms with E-state index in [9.17, 15) is 9.59 Å². The average molecular weight is 427 g/mol. The first-order valence-corrected chi connectivity index (χ1v) is 10.5. The van der Waals surface area contributed by atoms with E-state index in [2.05, 4.69) is 15.7 Å². The second kappa shape index (κ2) is 8.71. The molecular weight excluding hydrogens is 408 g/mol. The molecule has 1 aliphatic rings. The minimum absolute atomic E-state index is 0.127. The van der Waals surface area contributed by atoms with Gasteiger partial charge in [0, 0.05) is 29.1 Å². The SMILES string of the molecule is O=C(CC1Sc2ccc(Cl)cc2NC1=O)NCCc1cnn(-c2ccccc2)c1. The minimum Gasteiger partial charge on any atom is -0.356 e. The molecule has 2 amide bonds. The molecule has 4 rings (SSSR count). The summed E-state index contributed by atoms with van der Waals surface area (Å²) in [5.74, 6) is -0.324. The van der Waals surface area contributed by atoms with Gasteiger partial charge in [-0.15, -0.1) is 11.8 Å². The van der Waals surface area contributed by atoms with Crippen LogP contribution >= 0.6 is 23.4 Å². The number of fused-ring (bicyclic) bond motifs is 1. The summed E-state index contributed by atoms with van der Waals surface area (Å²) >= 11 is 7.35. The van der Waals surface area contributed by atoms with Crippen molar-refractivity contribution in [2.75, 3.05) is 11.9 Å².